The van der Waals surface area contributed by atoms with Crippen molar-refractivity contribution in [2.45, 2.75) is 26.2 Å². The van der Waals surface area contributed by atoms with Crippen molar-refractivity contribution in [3.05, 3.63) is 117 Å². The lowest BCUT2D eigenvalue weighted by Crippen LogP contribution is -2.25. The Kier molecular flexibility index (Phi) is 6.13. The molecule has 1 aliphatic carbocycles. The van der Waals surface area contributed by atoms with Gasteiger partial charge in [-0.25, -0.2) is 4.79 Å². The molecule has 1 aliphatic rings. The topological polar surface area (TPSA) is 87.7 Å². The Morgan fingerprint density at radius 3 is 2.21 bits per heavy atom. The fraction of sp³-hybridized carbons (Fsp3) is 0.143. The van der Waals surface area contributed by atoms with Crippen LogP contribution in [-0.2, 0) is 11.2 Å². The van der Waals surface area contributed by atoms with Crippen LogP contribution in [-0.4, -0.2) is 16.0 Å². The van der Waals surface area contributed by atoms with Gasteiger partial charge < -0.3 is 14.6 Å². The molecule has 0 fully saturated rings. The van der Waals surface area contributed by atoms with Crippen molar-refractivity contribution < 1.29 is 19.4 Å². The summed E-state index contributed by atoms with van der Waals surface area (Å²) >= 11 is 0. The number of aliphatic hydroxyl groups excluding tert-OH is 1. The van der Waals surface area contributed by atoms with Crippen LogP contribution in [0.3, 0.4) is 0 Å². The average molecular weight is 440 g/mol. The number of carbonyl (C=O) groups is 1. The number of aromatic hydroxyl groups is 1. The first-order valence-electron chi connectivity index (χ1n) is 10.9. The summed E-state index contributed by atoms with van der Waals surface area (Å²) < 4.78 is 5.48. The number of para-hydroxylation sites is 1. The number of hydrogen-bond donors (Lipinski definition) is 2. The summed E-state index contributed by atoms with van der Waals surface area (Å²) in [4.78, 5) is 26.2. The van der Waals surface area contributed by atoms with Crippen LogP contribution < -0.4 is 5.63 Å². The molecule has 0 spiro atoms. The molecule has 5 rings (SSSR count). The number of carbonyl (C=O) groups excluding carboxylic acids is 1. The van der Waals surface area contributed by atoms with Gasteiger partial charge in [0.25, 0.3) is 0 Å². The monoisotopic (exact) mass is 440 g/mol. The third kappa shape index (κ3) is 3.82. The number of ketones is 1. The summed E-state index contributed by atoms with van der Waals surface area (Å²) in [6, 6.07) is 22.7. The van der Waals surface area contributed by atoms with Gasteiger partial charge >= 0.3 is 5.63 Å². The highest BCUT2D eigenvalue weighted by molar-refractivity contribution is 6.07. The van der Waals surface area contributed by atoms with Gasteiger partial charge in [-0.2, -0.15) is 0 Å². The third-order valence-corrected chi connectivity index (χ3v) is 5.71. The van der Waals surface area contributed by atoms with Crippen molar-refractivity contribution >= 4 is 22.5 Å². The highest BCUT2D eigenvalue weighted by atomic mass is 16.4. The van der Waals surface area contributed by atoms with Crippen LogP contribution in [0.1, 0.15) is 42.0 Å². The van der Waals surface area contributed by atoms with Crippen molar-refractivity contribution in [1.82, 2.24) is 0 Å². The molecule has 1 aromatic heterocycles. The molecule has 1 unspecified atom stereocenters. The van der Waals surface area contributed by atoms with E-state index in [0.29, 0.717) is 16.5 Å². The normalized spacial score (nSPS) is 13.8. The molecule has 0 amide bonds. The number of benzene rings is 3. The van der Waals surface area contributed by atoms with Crippen LogP contribution in [0.25, 0.3) is 16.7 Å². The molecule has 0 saturated heterocycles. The largest absolute Gasteiger partial charge is 0.507 e. The quantitative estimate of drug-likeness (QED) is 0.396. The molecule has 33 heavy (non-hydrogen) atoms. The van der Waals surface area contributed by atoms with E-state index in [1.807, 2.05) is 26.0 Å². The first-order valence-corrected chi connectivity index (χ1v) is 10.9. The highest BCUT2D eigenvalue weighted by Gasteiger charge is 2.36. The van der Waals surface area contributed by atoms with E-state index in [9.17, 15) is 19.8 Å². The molecule has 1 heterocycles. The molecule has 0 aliphatic heterocycles. The smallest absolute Gasteiger partial charge is 0.344 e. The van der Waals surface area contributed by atoms with Crippen LogP contribution in [0, 0.1) is 0 Å². The summed E-state index contributed by atoms with van der Waals surface area (Å²) in [5.74, 6) is -1.74. The van der Waals surface area contributed by atoms with Gasteiger partial charge in [-0.1, -0.05) is 80.6 Å². The standard InChI is InChI=1S/C26H18O5.C2H6/c27-19-14-16-10-4-5-11-17(16)24(28)22(19)21(15-8-2-1-3-9-15)23-25(29)18-12-6-7-13-20(18)31-26(23)30;1-2/h1-13,21,28-29H,14H2;1-2H3. The van der Waals surface area contributed by atoms with Crippen molar-refractivity contribution in [1.29, 1.82) is 0 Å². The predicted octanol–water partition coefficient (Wildman–Crippen LogP) is 5.75. The second-order valence-electron chi connectivity index (χ2n) is 7.51. The lowest BCUT2D eigenvalue weighted by atomic mass is 9.77. The molecule has 0 radical (unpaired) electrons. The molecule has 2 N–H and O–H groups in total. The third-order valence-electron chi connectivity index (χ3n) is 5.71. The van der Waals surface area contributed by atoms with Crippen LogP contribution in [0.15, 0.2) is 93.6 Å². The van der Waals surface area contributed by atoms with Gasteiger partial charge in [-0.05, 0) is 23.3 Å². The molecule has 0 saturated carbocycles. The van der Waals surface area contributed by atoms with E-state index in [1.165, 1.54) is 0 Å². The van der Waals surface area contributed by atoms with Gasteiger partial charge in [0.05, 0.1) is 22.4 Å². The summed E-state index contributed by atoms with van der Waals surface area (Å²) in [6.45, 7) is 4.00. The van der Waals surface area contributed by atoms with Gasteiger partial charge in [-0.3, -0.25) is 4.79 Å². The average Bonchev–Trinajstić information content (AvgIpc) is 2.85. The molecule has 4 aromatic rings. The van der Waals surface area contributed by atoms with E-state index in [4.69, 9.17) is 4.42 Å². The second kappa shape index (κ2) is 9.17. The number of fused-ring (bicyclic) bond motifs is 2. The van der Waals surface area contributed by atoms with E-state index in [-0.39, 0.29) is 40.4 Å². The Bertz CT molecular complexity index is 1410. The number of aliphatic hydroxyl groups is 1. The SMILES string of the molecule is CC.O=C1Cc2ccccc2C(O)=C1C(c1ccccc1)c1c(O)c2ccccc2oc1=O. The maximum Gasteiger partial charge on any atom is 0.344 e. The molecule has 3 aromatic carbocycles. The van der Waals surface area contributed by atoms with E-state index in [0.717, 1.165) is 5.56 Å². The lowest BCUT2D eigenvalue weighted by molar-refractivity contribution is -0.115. The molecule has 166 valence electrons. The number of Topliss-reactive ketones (excluding diaryl/α,β-unsaturated/α-hetero) is 1. The maximum atomic E-state index is 13.2. The molecule has 5 nitrogen and oxygen atoms in total. The zero-order valence-corrected chi connectivity index (χ0v) is 18.4. The number of allylic oxidation sites excluding steroid dienone is 1. The summed E-state index contributed by atoms with van der Waals surface area (Å²) in [5, 5.41) is 22.6. The van der Waals surface area contributed by atoms with Crippen molar-refractivity contribution in [2.24, 2.45) is 0 Å². The van der Waals surface area contributed by atoms with Gasteiger partial charge in [0.1, 0.15) is 17.1 Å². The minimum absolute atomic E-state index is 0.0702. The zero-order valence-electron chi connectivity index (χ0n) is 18.4. The van der Waals surface area contributed by atoms with Gasteiger partial charge in [0.15, 0.2) is 5.78 Å². The predicted molar refractivity (Wildman–Crippen MR) is 128 cm³/mol. The van der Waals surface area contributed by atoms with Gasteiger partial charge in [-0.15, -0.1) is 0 Å². The van der Waals surface area contributed by atoms with Crippen LogP contribution in [0.2, 0.25) is 0 Å². The number of rotatable bonds is 3. The first-order chi connectivity index (χ1) is 16.1. The van der Waals surface area contributed by atoms with Gasteiger partial charge in [0, 0.05) is 12.0 Å². The Morgan fingerprint density at radius 2 is 1.45 bits per heavy atom. The van der Waals surface area contributed by atoms with Crippen LogP contribution >= 0.6 is 0 Å². The van der Waals surface area contributed by atoms with Crippen LogP contribution in [0.4, 0.5) is 0 Å². The van der Waals surface area contributed by atoms with E-state index >= 15 is 0 Å². The minimum Gasteiger partial charge on any atom is -0.507 e. The number of hydrogen-bond acceptors (Lipinski definition) is 5. The van der Waals surface area contributed by atoms with Crippen LogP contribution in [0.5, 0.6) is 5.75 Å². The second-order valence-corrected chi connectivity index (χ2v) is 7.51. The Morgan fingerprint density at radius 1 is 0.818 bits per heavy atom. The first kappa shape index (κ1) is 22.1. The Labute approximate surface area is 191 Å². The van der Waals surface area contributed by atoms with E-state index in [2.05, 4.69) is 0 Å². The summed E-state index contributed by atoms with van der Waals surface area (Å²) in [6.07, 6.45) is 0.0958. The molecule has 1 atom stereocenters. The fourth-order valence-electron chi connectivity index (χ4n) is 4.27. The maximum absolute atomic E-state index is 13.2. The summed E-state index contributed by atoms with van der Waals surface area (Å²) in [5.41, 5.74) is 1.35. The van der Waals surface area contributed by atoms with Crippen molar-refractivity contribution in [3.63, 3.8) is 0 Å². The molecule has 0 bridgehead atoms. The molecule has 5 heteroatoms. The van der Waals surface area contributed by atoms with E-state index in [1.54, 1.807) is 66.7 Å². The molecular formula is C28H24O5. The minimum atomic E-state index is -0.983. The Hall–Kier alpha value is -4.12. The Balaban J connectivity index is 0.00000126. The summed E-state index contributed by atoms with van der Waals surface area (Å²) in [7, 11) is 0. The fourth-order valence-corrected chi connectivity index (χ4v) is 4.27. The molecular weight excluding hydrogens is 416 g/mol. The van der Waals surface area contributed by atoms with E-state index < -0.39 is 11.5 Å². The van der Waals surface area contributed by atoms with Gasteiger partial charge in [0.2, 0.25) is 0 Å². The zero-order chi connectivity index (χ0) is 23.5. The lowest BCUT2D eigenvalue weighted by Gasteiger charge is -2.26. The van der Waals surface area contributed by atoms with Crippen molar-refractivity contribution in [3.8, 4) is 5.75 Å². The highest BCUT2D eigenvalue weighted by Crippen LogP contribution is 2.43. The van der Waals surface area contributed by atoms with Crippen molar-refractivity contribution in [2.75, 3.05) is 0 Å².